The molecule has 1 amide bonds. The van der Waals surface area contributed by atoms with Crippen LogP contribution in [0.4, 0.5) is 23.2 Å². The number of thioether (sulfide) groups is 1. The third-order valence-corrected chi connectivity index (χ3v) is 11.9. The van der Waals surface area contributed by atoms with Gasteiger partial charge in [-0.25, -0.2) is 12.8 Å². The van der Waals surface area contributed by atoms with Crippen LogP contribution in [-0.2, 0) is 28.2 Å². The van der Waals surface area contributed by atoms with Gasteiger partial charge in [-0.2, -0.15) is 24.9 Å². The first-order chi connectivity index (χ1) is 20.3. The fourth-order valence-corrected chi connectivity index (χ4v) is 9.95. The number of carbonyl (C=O) groups is 1. The van der Waals surface area contributed by atoms with Gasteiger partial charge >= 0.3 is 6.18 Å². The summed E-state index contributed by atoms with van der Waals surface area (Å²) in [5, 5.41) is 2.52. The van der Waals surface area contributed by atoms with Gasteiger partial charge in [0.25, 0.3) is 15.9 Å². The number of aromatic nitrogens is 1. The molecule has 1 unspecified atom stereocenters. The number of pyridine rings is 1. The van der Waals surface area contributed by atoms with E-state index >= 15 is 0 Å². The smallest absolute Gasteiger partial charge is 0.346 e. The average molecular weight is 675 g/mol. The van der Waals surface area contributed by atoms with Gasteiger partial charge in [0.05, 0.1) is 50.0 Å². The summed E-state index contributed by atoms with van der Waals surface area (Å²) in [6.45, 7) is -0.249. The minimum Gasteiger partial charge on any atom is -0.346 e. The molecule has 6 rings (SSSR count). The Morgan fingerprint density at radius 1 is 1.09 bits per heavy atom. The van der Waals surface area contributed by atoms with Crippen LogP contribution < -0.4 is 9.62 Å². The maximum Gasteiger partial charge on any atom is 0.417 e. The molecule has 1 aliphatic carbocycles. The molecule has 43 heavy (non-hydrogen) atoms. The summed E-state index contributed by atoms with van der Waals surface area (Å²) in [6, 6.07) is 8.10. The van der Waals surface area contributed by atoms with E-state index in [2.05, 4.69) is 10.3 Å². The fraction of sp³-hybridized carbons (Fsp3) is 0.379. The maximum atomic E-state index is 14.2. The highest BCUT2D eigenvalue weighted by Gasteiger charge is 2.60. The molecular weight excluding hydrogens is 649 g/mol. The van der Waals surface area contributed by atoms with Crippen molar-refractivity contribution >= 4 is 56.6 Å². The van der Waals surface area contributed by atoms with Gasteiger partial charge < -0.3 is 5.32 Å². The van der Waals surface area contributed by atoms with Crippen molar-refractivity contribution in [1.29, 1.82) is 0 Å². The van der Waals surface area contributed by atoms with E-state index in [1.165, 1.54) is 22.5 Å². The van der Waals surface area contributed by atoms with Gasteiger partial charge in [0, 0.05) is 17.2 Å². The lowest BCUT2D eigenvalue weighted by atomic mass is 9.70. The second-order valence-corrected chi connectivity index (χ2v) is 14.8. The van der Waals surface area contributed by atoms with Gasteiger partial charge in [-0.15, -0.1) is 0 Å². The van der Waals surface area contributed by atoms with E-state index < -0.39 is 44.9 Å². The normalized spacial score (nSPS) is 19.9. The predicted molar refractivity (Wildman–Crippen MR) is 158 cm³/mol. The zero-order valence-electron chi connectivity index (χ0n) is 22.4. The Balaban J connectivity index is 1.39. The van der Waals surface area contributed by atoms with E-state index in [-0.39, 0.29) is 38.7 Å². The van der Waals surface area contributed by atoms with E-state index in [1.807, 2.05) is 0 Å². The number of sulfonamides is 1. The summed E-state index contributed by atoms with van der Waals surface area (Å²) >= 11 is 14.8. The molecule has 1 saturated heterocycles. The molecule has 1 aromatic heterocycles. The minimum absolute atomic E-state index is 0.0356. The van der Waals surface area contributed by atoms with E-state index in [1.54, 1.807) is 17.8 Å². The highest BCUT2D eigenvalue weighted by Crippen LogP contribution is 2.61. The summed E-state index contributed by atoms with van der Waals surface area (Å²) < 4.78 is 82.5. The van der Waals surface area contributed by atoms with Crippen LogP contribution >= 0.6 is 35.0 Å². The number of nitrogens with one attached hydrogen (secondary N) is 1. The van der Waals surface area contributed by atoms with Gasteiger partial charge in [0.15, 0.2) is 0 Å². The first kappa shape index (κ1) is 30.5. The lowest BCUT2D eigenvalue weighted by Gasteiger charge is -2.42. The largest absolute Gasteiger partial charge is 0.417 e. The summed E-state index contributed by atoms with van der Waals surface area (Å²) in [7, 11) is -4.12. The van der Waals surface area contributed by atoms with E-state index in [4.69, 9.17) is 23.2 Å². The Labute approximate surface area is 260 Å². The van der Waals surface area contributed by atoms with Crippen LogP contribution in [0.3, 0.4) is 0 Å². The number of alkyl halides is 3. The second kappa shape index (κ2) is 11.1. The van der Waals surface area contributed by atoms with Crippen LogP contribution in [0.5, 0.6) is 0 Å². The van der Waals surface area contributed by atoms with Gasteiger partial charge in [0.2, 0.25) is 0 Å². The standard InChI is InChI=1S/C29H25Cl2F4N3O3S2/c30-21-13-17(29(33,34)35)14-36-22(21)15-37-27(39)20-7-8-23-24(25(20)31)28(9-11-42-12-10-28)26(16-1-2-16)38(23)43(40,41)19-5-3-18(32)4-6-19/h3-8,13-14,16,26H,1-2,9-12,15H2,(H,37,39). The van der Waals surface area contributed by atoms with Gasteiger partial charge in [-0.05, 0) is 85.6 Å². The number of rotatable bonds is 6. The minimum atomic E-state index is -4.61. The number of carbonyl (C=O) groups excluding carboxylic acids is 1. The number of fused-ring (bicyclic) bond motifs is 2. The van der Waals surface area contributed by atoms with E-state index in [0.717, 1.165) is 42.5 Å². The Kier molecular flexibility index (Phi) is 7.88. The zero-order chi connectivity index (χ0) is 30.7. The molecule has 14 heteroatoms. The molecule has 1 saturated carbocycles. The highest BCUT2D eigenvalue weighted by molar-refractivity contribution is 7.99. The van der Waals surface area contributed by atoms with Crippen molar-refractivity contribution < 1.29 is 30.8 Å². The molecule has 0 bridgehead atoms. The van der Waals surface area contributed by atoms with Crippen LogP contribution in [0.15, 0.2) is 53.6 Å². The Morgan fingerprint density at radius 2 is 1.77 bits per heavy atom. The molecule has 3 aromatic rings. The number of amides is 1. The van der Waals surface area contributed by atoms with E-state index in [0.29, 0.717) is 30.3 Å². The first-order valence-corrected chi connectivity index (χ1v) is 16.9. The quantitative estimate of drug-likeness (QED) is 0.279. The molecule has 3 aliphatic rings. The maximum absolute atomic E-state index is 14.2. The van der Waals surface area contributed by atoms with Gasteiger partial charge in [-0.1, -0.05) is 23.2 Å². The van der Waals surface area contributed by atoms with Crippen LogP contribution in [0.25, 0.3) is 0 Å². The lowest BCUT2D eigenvalue weighted by Crippen LogP contribution is -2.50. The number of hydrogen-bond acceptors (Lipinski definition) is 5. The third kappa shape index (κ3) is 5.38. The topological polar surface area (TPSA) is 79.4 Å². The van der Waals surface area contributed by atoms with Crippen molar-refractivity contribution in [2.45, 2.75) is 54.8 Å². The van der Waals surface area contributed by atoms with Gasteiger partial charge in [0.1, 0.15) is 5.82 Å². The second-order valence-electron chi connectivity index (χ2n) is 11.0. The molecule has 2 fully saturated rings. The number of nitrogens with zero attached hydrogens (tertiary/aromatic N) is 2. The monoisotopic (exact) mass is 673 g/mol. The molecular formula is C29H25Cl2F4N3O3S2. The molecule has 228 valence electrons. The number of benzene rings is 2. The summed E-state index contributed by atoms with van der Waals surface area (Å²) in [5.41, 5.74) is -0.461. The molecule has 1 N–H and O–H groups in total. The summed E-state index contributed by atoms with van der Waals surface area (Å²) in [5.74, 6) is 0.531. The first-order valence-electron chi connectivity index (χ1n) is 13.5. The Morgan fingerprint density at radius 3 is 2.37 bits per heavy atom. The predicted octanol–water partition coefficient (Wildman–Crippen LogP) is 7.23. The number of anilines is 1. The molecule has 0 radical (unpaired) electrons. The van der Waals surface area contributed by atoms with Crippen molar-refractivity contribution in [3.8, 4) is 0 Å². The number of halogens is 6. The van der Waals surface area contributed by atoms with Crippen molar-refractivity contribution in [3.63, 3.8) is 0 Å². The van der Waals surface area contributed by atoms with Crippen molar-refractivity contribution in [3.05, 3.63) is 86.9 Å². The zero-order valence-corrected chi connectivity index (χ0v) is 25.6. The molecule has 2 aromatic carbocycles. The van der Waals surface area contributed by atoms with Crippen LogP contribution in [0.2, 0.25) is 10.0 Å². The molecule has 1 atom stereocenters. The summed E-state index contributed by atoms with van der Waals surface area (Å²) in [6.07, 6.45) is -0.924. The van der Waals surface area contributed by atoms with Crippen molar-refractivity contribution in [2.75, 3.05) is 15.8 Å². The molecule has 6 nitrogen and oxygen atoms in total. The average Bonchev–Trinajstić information content (AvgIpc) is 3.76. The van der Waals surface area contributed by atoms with Crippen LogP contribution in [0.1, 0.15) is 52.9 Å². The number of hydrogen-bond donors (Lipinski definition) is 1. The van der Waals surface area contributed by atoms with Crippen molar-refractivity contribution in [1.82, 2.24) is 10.3 Å². The Bertz CT molecular complexity index is 1690. The molecule has 2 aliphatic heterocycles. The third-order valence-electron chi connectivity index (χ3n) is 8.40. The molecule has 1 spiro atoms. The van der Waals surface area contributed by atoms with Crippen LogP contribution in [0, 0.1) is 11.7 Å². The van der Waals surface area contributed by atoms with E-state index in [9.17, 15) is 30.8 Å². The molecule has 3 heterocycles. The van der Waals surface area contributed by atoms with Gasteiger partial charge in [-0.3, -0.25) is 14.1 Å². The van der Waals surface area contributed by atoms with Crippen molar-refractivity contribution in [2.24, 2.45) is 5.92 Å². The fourth-order valence-electron chi connectivity index (χ4n) is 6.27. The lowest BCUT2D eigenvalue weighted by molar-refractivity contribution is -0.137. The summed E-state index contributed by atoms with van der Waals surface area (Å²) in [4.78, 5) is 17.1. The Hall–Kier alpha value is -2.54. The van der Waals surface area contributed by atoms with Crippen LogP contribution in [-0.4, -0.2) is 36.9 Å². The SMILES string of the molecule is O=C(NCc1ncc(C(F)(F)F)cc1Cl)c1ccc2c(c1Cl)C1(CCSCC1)C(C1CC1)N2S(=O)(=O)c1ccc(F)cc1. The highest BCUT2D eigenvalue weighted by atomic mass is 35.5.